The third-order valence-corrected chi connectivity index (χ3v) is 5.10. The summed E-state index contributed by atoms with van der Waals surface area (Å²) in [6.45, 7) is 16.0. The molecule has 0 N–H and O–H groups in total. The smallest absolute Gasteiger partial charge is 0.00445 e. The van der Waals surface area contributed by atoms with Crippen molar-refractivity contribution in [2.24, 2.45) is 11.3 Å². The van der Waals surface area contributed by atoms with Gasteiger partial charge in [-0.1, -0.05) is 59.6 Å². The van der Waals surface area contributed by atoms with Crippen LogP contribution in [-0.4, -0.2) is 11.5 Å². The normalized spacial score (nSPS) is 15.6. The molecule has 2 unspecified atom stereocenters. The highest BCUT2D eigenvalue weighted by atomic mass is 32.2. The first-order chi connectivity index (χ1) is 7.88. The molecule has 0 aliphatic carbocycles. The van der Waals surface area contributed by atoms with Gasteiger partial charge in [0.15, 0.2) is 0 Å². The zero-order valence-corrected chi connectivity index (χ0v) is 13.6. The van der Waals surface area contributed by atoms with E-state index in [1.54, 1.807) is 0 Å². The zero-order chi connectivity index (χ0) is 13.5. The Labute approximate surface area is 114 Å². The van der Waals surface area contributed by atoms with Crippen LogP contribution in [0, 0.1) is 11.3 Å². The first kappa shape index (κ1) is 17.1. The maximum Gasteiger partial charge on any atom is 0.00445 e. The van der Waals surface area contributed by atoms with Gasteiger partial charge in [-0.2, -0.15) is 11.8 Å². The Morgan fingerprint density at radius 3 is 2.24 bits per heavy atom. The minimum atomic E-state index is 0.305. The van der Waals surface area contributed by atoms with Crippen molar-refractivity contribution in [2.75, 3.05) is 6.26 Å². The lowest BCUT2D eigenvalue weighted by Crippen LogP contribution is -2.24. The highest BCUT2D eigenvalue weighted by Gasteiger charge is 2.27. The van der Waals surface area contributed by atoms with Crippen molar-refractivity contribution in [2.45, 2.75) is 72.0 Å². The molecule has 0 aromatic carbocycles. The van der Waals surface area contributed by atoms with Gasteiger partial charge in [0.25, 0.3) is 0 Å². The van der Waals surface area contributed by atoms with Crippen molar-refractivity contribution in [3.05, 3.63) is 12.2 Å². The zero-order valence-electron chi connectivity index (χ0n) is 12.8. The summed E-state index contributed by atoms with van der Waals surface area (Å²) < 4.78 is 0. The van der Waals surface area contributed by atoms with E-state index in [9.17, 15) is 0 Å². The van der Waals surface area contributed by atoms with Gasteiger partial charge in [0.2, 0.25) is 0 Å². The molecule has 0 amide bonds. The number of thioether (sulfide) groups is 1. The number of rotatable bonds is 9. The summed E-state index contributed by atoms with van der Waals surface area (Å²) in [7, 11) is 0. The second kappa shape index (κ2) is 8.24. The van der Waals surface area contributed by atoms with E-state index < -0.39 is 0 Å². The summed E-state index contributed by atoms with van der Waals surface area (Å²) in [5.74, 6) is 0.832. The molecular formula is C16H32S. The molecule has 0 aliphatic rings. The average Bonchev–Trinajstić information content (AvgIpc) is 2.27. The van der Waals surface area contributed by atoms with E-state index in [-0.39, 0.29) is 0 Å². The monoisotopic (exact) mass is 256 g/mol. The number of hydrogen-bond donors (Lipinski definition) is 0. The van der Waals surface area contributed by atoms with E-state index in [2.05, 4.69) is 47.5 Å². The summed E-state index contributed by atoms with van der Waals surface area (Å²) >= 11 is 2.01. The Balaban J connectivity index is 4.55. The van der Waals surface area contributed by atoms with Crippen LogP contribution >= 0.6 is 11.8 Å². The van der Waals surface area contributed by atoms with E-state index >= 15 is 0 Å². The minimum absolute atomic E-state index is 0.305. The van der Waals surface area contributed by atoms with Crippen LogP contribution in [-0.2, 0) is 0 Å². The maximum atomic E-state index is 4.31. The minimum Gasteiger partial charge on any atom is -0.162 e. The fourth-order valence-electron chi connectivity index (χ4n) is 2.51. The molecule has 1 heteroatoms. The van der Waals surface area contributed by atoms with Gasteiger partial charge in [-0.3, -0.25) is 0 Å². The highest BCUT2D eigenvalue weighted by molar-refractivity contribution is 7.99. The first-order valence-electron chi connectivity index (χ1n) is 7.10. The molecule has 0 heterocycles. The Bertz CT molecular complexity index is 218. The third kappa shape index (κ3) is 5.99. The summed E-state index contributed by atoms with van der Waals surface area (Å²) in [5.41, 5.74) is 1.74. The molecule has 0 rings (SSSR count). The lowest BCUT2D eigenvalue weighted by atomic mass is 9.74. The third-order valence-electron chi connectivity index (χ3n) is 3.98. The molecule has 0 aliphatic heterocycles. The quantitative estimate of drug-likeness (QED) is 0.461. The molecule has 0 radical (unpaired) electrons. The van der Waals surface area contributed by atoms with Crippen LogP contribution in [0.3, 0.4) is 0 Å². The second-order valence-electron chi connectivity index (χ2n) is 5.93. The molecule has 0 aromatic heterocycles. The fraction of sp³-hybridized carbons (Fsp3) is 0.875. The summed E-state index contributed by atoms with van der Waals surface area (Å²) in [6.07, 6.45) is 8.58. The van der Waals surface area contributed by atoms with Crippen LogP contribution < -0.4 is 0 Å². The van der Waals surface area contributed by atoms with E-state index in [1.165, 1.54) is 37.7 Å². The van der Waals surface area contributed by atoms with Crippen LogP contribution in [0.15, 0.2) is 12.2 Å². The molecule has 0 aromatic rings. The van der Waals surface area contributed by atoms with Gasteiger partial charge in [0.05, 0.1) is 0 Å². The van der Waals surface area contributed by atoms with Crippen molar-refractivity contribution in [1.82, 2.24) is 0 Å². The second-order valence-corrected chi connectivity index (χ2v) is 7.15. The molecule has 0 bridgehead atoms. The standard InChI is InChI=1S/C16H32S/c1-8-10-13(3)16(5,6)12-15(11-9-2)14(4)17-7/h14-15H,3,8-12H2,1-2,4-7H3. The van der Waals surface area contributed by atoms with Gasteiger partial charge in [-0.15, -0.1) is 0 Å². The molecule has 0 saturated heterocycles. The van der Waals surface area contributed by atoms with Crippen molar-refractivity contribution >= 4 is 11.8 Å². The van der Waals surface area contributed by atoms with E-state index in [0.717, 1.165) is 11.2 Å². The molecule has 0 fully saturated rings. The Kier molecular flexibility index (Phi) is 8.28. The van der Waals surface area contributed by atoms with Gasteiger partial charge < -0.3 is 0 Å². The predicted molar refractivity (Wildman–Crippen MR) is 83.8 cm³/mol. The maximum absolute atomic E-state index is 4.31. The average molecular weight is 256 g/mol. The highest BCUT2D eigenvalue weighted by Crippen LogP contribution is 2.39. The summed E-state index contributed by atoms with van der Waals surface area (Å²) in [5, 5.41) is 0.767. The Morgan fingerprint density at radius 2 is 1.82 bits per heavy atom. The van der Waals surface area contributed by atoms with Gasteiger partial charge in [0, 0.05) is 5.25 Å². The number of allylic oxidation sites excluding steroid dienone is 1. The van der Waals surface area contributed by atoms with Crippen molar-refractivity contribution in [1.29, 1.82) is 0 Å². The van der Waals surface area contributed by atoms with E-state index in [4.69, 9.17) is 0 Å². The van der Waals surface area contributed by atoms with Gasteiger partial charge in [-0.05, 0) is 36.9 Å². The SMILES string of the molecule is C=C(CCC)C(C)(C)CC(CCC)C(C)SC. The molecule has 0 spiro atoms. The fourth-order valence-corrected chi connectivity index (χ4v) is 3.12. The molecule has 2 atom stereocenters. The Morgan fingerprint density at radius 1 is 1.24 bits per heavy atom. The molecule has 17 heavy (non-hydrogen) atoms. The van der Waals surface area contributed by atoms with E-state index in [0.29, 0.717) is 5.41 Å². The van der Waals surface area contributed by atoms with Crippen LogP contribution in [0.5, 0.6) is 0 Å². The van der Waals surface area contributed by atoms with Crippen LogP contribution in [0.1, 0.15) is 66.7 Å². The van der Waals surface area contributed by atoms with Crippen molar-refractivity contribution in [3.8, 4) is 0 Å². The van der Waals surface area contributed by atoms with Crippen LogP contribution in [0.25, 0.3) is 0 Å². The van der Waals surface area contributed by atoms with Gasteiger partial charge in [-0.25, -0.2) is 0 Å². The van der Waals surface area contributed by atoms with Crippen molar-refractivity contribution in [3.63, 3.8) is 0 Å². The largest absolute Gasteiger partial charge is 0.162 e. The summed E-state index contributed by atoms with van der Waals surface area (Å²) in [6, 6.07) is 0. The van der Waals surface area contributed by atoms with Crippen LogP contribution in [0.2, 0.25) is 0 Å². The predicted octanol–water partition coefficient (Wildman–Crippen LogP) is 5.93. The lowest BCUT2D eigenvalue weighted by Gasteiger charge is -2.34. The molecule has 0 nitrogen and oxygen atoms in total. The number of hydrogen-bond acceptors (Lipinski definition) is 1. The van der Waals surface area contributed by atoms with Crippen LogP contribution in [0.4, 0.5) is 0 Å². The first-order valence-corrected chi connectivity index (χ1v) is 8.38. The molecule has 102 valence electrons. The Hall–Kier alpha value is 0.0900. The molecule has 0 saturated carbocycles. The molecular weight excluding hydrogens is 224 g/mol. The topological polar surface area (TPSA) is 0 Å². The van der Waals surface area contributed by atoms with Gasteiger partial charge in [0.1, 0.15) is 0 Å². The van der Waals surface area contributed by atoms with Crippen molar-refractivity contribution < 1.29 is 0 Å². The van der Waals surface area contributed by atoms with E-state index in [1.807, 2.05) is 11.8 Å². The summed E-state index contributed by atoms with van der Waals surface area (Å²) in [4.78, 5) is 0. The van der Waals surface area contributed by atoms with Gasteiger partial charge >= 0.3 is 0 Å². The lowest BCUT2D eigenvalue weighted by molar-refractivity contribution is 0.292.